The van der Waals surface area contributed by atoms with Gasteiger partial charge < -0.3 is 10.2 Å². The molecule has 3 heteroatoms. The average molecular weight is 246 g/mol. The zero-order valence-corrected chi connectivity index (χ0v) is 11.7. The number of nitrogens with one attached hydrogen (secondary N) is 1. The van der Waals surface area contributed by atoms with Crippen LogP contribution in [0.5, 0.6) is 0 Å². The third kappa shape index (κ3) is 2.41. The van der Waals surface area contributed by atoms with Crippen molar-refractivity contribution in [3.05, 3.63) is 29.3 Å². The zero-order chi connectivity index (χ0) is 13.3. The fraction of sp³-hybridized carbons (Fsp3) is 0.533. The standard InChI is InChI=1S/C15H22N2O/c1-11-5-6-13(9-12(11)2)17-14(18)7-8-16-10-15(17,3)4/h5-6,9,16H,7-8,10H2,1-4H3. The van der Waals surface area contributed by atoms with Crippen LogP contribution >= 0.6 is 0 Å². The molecule has 3 nitrogen and oxygen atoms in total. The monoisotopic (exact) mass is 246 g/mol. The number of hydrogen-bond donors (Lipinski definition) is 1. The average Bonchev–Trinajstić information content (AvgIpc) is 2.41. The van der Waals surface area contributed by atoms with Gasteiger partial charge >= 0.3 is 0 Å². The first-order chi connectivity index (χ1) is 8.42. The van der Waals surface area contributed by atoms with Crippen molar-refractivity contribution in [1.29, 1.82) is 0 Å². The van der Waals surface area contributed by atoms with Gasteiger partial charge in [0, 0.05) is 25.2 Å². The van der Waals surface area contributed by atoms with Gasteiger partial charge in [0.05, 0.1) is 5.54 Å². The van der Waals surface area contributed by atoms with Gasteiger partial charge in [0.15, 0.2) is 0 Å². The minimum atomic E-state index is -0.185. The molecule has 0 spiro atoms. The van der Waals surface area contributed by atoms with Gasteiger partial charge in [-0.25, -0.2) is 0 Å². The van der Waals surface area contributed by atoms with Crippen LogP contribution in [0.15, 0.2) is 18.2 Å². The summed E-state index contributed by atoms with van der Waals surface area (Å²) >= 11 is 0. The molecule has 1 heterocycles. The topological polar surface area (TPSA) is 32.3 Å². The lowest BCUT2D eigenvalue weighted by Crippen LogP contribution is -2.51. The number of anilines is 1. The first kappa shape index (κ1) is 13.1. The molecule has 0 unspecified atom stereocenters. The lowest BCUT2D eigenvalue weighted by atomic mass is 10.0. The summed E-state index contributed by atoms with van der Waals surface area (Å²) in [5.41, 5.74) is 3.32. The predicted octanol–water partition coefficient (Wildman–Crippen LogP) is 2.41. The summed E-state index contributed by atoms with van der Waals surface area (Å²) in [4.78, 5) is 14.3. The molecule has 1 amide bonds. The van der Waals surface area contributed by atoms with E-state index in [-0.39, 0.29) is 11.4 Å². The van der Waals surface area contributed by atoms with E-state index >= 15 is 0 Å². The molecule has 0 saturated carbocycles. The normalized spacial score (nSPS) is 19.8. The molecular formula is C15H22N2O. The Bertz CT molecular complexity index is 466. The fourth-order valence-corrected chi connectivity index (χ4v) is 2.48. The van der Waals surface area contributed by atoms with Gasteiger partial charge in [-0.15, -0.1) is 0 Å². The summed E-state index contributed by atoms with van der Waals surface area (Å²) in [5.74, 6) is 0.202. The van der Waals surface area contributed by atoms with Gasteiger partial charge in [0.2, 0.25) is 5.91 Å². The number of benzene rings is 1. The molecule has 1 aromatic rings. The third-order valence-corrected chi connectivity index (χ3v) is 3.68. The van der Waals surface area contributed by atoms with E-state index in [0.717, 1.165) is 18.8 Å². The molecule has 0 radical (unpaired) electrons. The lowest BCUT2D eigenvalue weighted by Gasteiger charge is -2.37. The maximum absolute atomic E-state index is 12.3. The Kier molecular flexibility index (Phi) is 3.44. The highest BCUT2D eigenvalue weighted by Crippen LogP contribution is 2.27. The Morgan fingerprint density at radius 3 is 2.61 bits per heavy atom. The van der Waals surface area contributed by atoms with Crippen molar-refractivity contribution in [3.8, 4) is 0 Å². The Labute approximate surface area is 109 Å². The summed E-state index contributed by atoms with van der Waals surface area (Å²) in [6.07, 6.45) is 0.566. The Morgan fingerprint density at radius 2 is 1.94 bits per heavy atom. The third-order valence-electron chi connectivity index (χ3n) is 3.68. The summed E-state index contributed by atoms with van der Waals surface area (Å²) in [6, 6.07) is 6.25. The molecule has 1 aromatic carbocycles. The minimum absolute atomic E-state index is 0.185. The van der Waals surface area contributed by atoms with Gasteiger partial charge in [0.1, 0.15) is 0 Å². The van der Waals surface area contributed by atoms with Gasteiger partial charge in [0.25, 0.3) is 0 Å². The summed E-state index contributed by atoms with van der Waals surface area (Å²) in [6.45, 7) is 9.99. The van der Waals surface area contributed by atoms with E-state index in [0.29, 0.717) is 6.42 Å². The summed E-state index contributed by atoms with van der Waals surface area (Å²) in [5, 5.41) is 3.33. The second-order valence-corrected chi connectivity index (χ2v) is 5.74. The number of carbonyl (C=O) groups excluding carboxylic acids is 1. The molecule has 98 valence electrons. The smallest absolute Gasteiger partial charge is 0.228 e. The molecule has 2 rings (SSSR count). The van der Waals surface area contributed by atoms with E-state index in [1.807, 2.05) is 11.0 Å². The number of aryl methyl sites for hydroxylation is 2. The molecule has 18 heavy (non-hydrogen) atoms. The van der Waals surface area contributed by atoms with E-state index in [9.17, 15) is 4.79 Å². The Morgan fingerprint density at radius 1 is 1.22 bits per heavy atom. The highest BCUT2D eigenvalue weighted by molar-refractivity contribution is 5.95. The summed E-state index contributed by atoms with van der Waals surface area (Å²) in [7, 11) is 0. The van der Waals surface area contributed by atoms with Crippen LogP contribution in [0, 0.1) is 13.8 Å². The second-order valence-electron chi connectivity index (χ2n) is 5.74. The number of nitrogens with zero attached hydrogens (tertiary/aromatic N) is 1. The highest BCUT2D eigenvalue weighted by atomic mass is 16.2. The Hall–Kier alpha value is -1.35. The van der Waals surface area contributed by atoms with Crippen molar-refractivity contribution >= 4 is 11.6 Å². The zero-order valence-electron chi connectivity index (χ0n) is 11.7. The Balaban J connectivity index is 2.43. The van der Waals surface area contributed by atoms with E-state index in [4.69, 9.17) is 0 Å². The maximum Gasteiger partial charge on any atom is 0.228 e. The van der Waals surface area contributed by atoms with Gasteiger partial charge in [-0.1, -0.05) is 6.07 Å². The number of carbonyl (C=O) groups is 1. The molecule has 1 fully saturated rings. The minimum Gasteiger partial charge on any atom is -0.314 e. The lowest BCUT2D eigenvalue weighted by molar-refractivity contribution is -0.119. The first-order valence-corrected chi connectivity index (χ1v) is 6.53. The maximum atomic E-state index is 12.3. The quantitative estimate of drug-likeness (QED) is 0.825. The van der Waals surface area contributed by atoms with Crippen molar-refractivity contribution in [3.63, 3.8) is 0 Å². The molecule has 1 saturated heterocycles. The first-order valence-electron chi connectivity index (χ1n) is 6.53. The molecule has 1 N–H and O–H groups in total. The molecule has 0 aliphatic carbocycles. The SMILES string of the molecule is Cc1ccc(N2C(=O)CCNCC2(C)C)cc1C. The second kappa shape index (κ2) is 4.73. The van der Waals surface area contributed by atoms with Crippen molar-refractivity contribution in [2.24, 2.45) is 0 Å². The summed E-state index contributed by atoms with van der Waals surface area (Å²) < 4.78 is 0. The fourth-order valence-electron chi connectivity index (χ4n) is 2.48. The van der Waals surface area contributed by atoms with Gasteiger partial charge in [-0.05, 0) is 51.0 Å². The van der Waals surface area contributed by atoms with E-state index in [2.05, 4.69) is 45.1 Å². The molecule has 0 aromatic heterocycles. The van der Waals surface area contributed by atoms with Crippen LogP contribution in [0.3, 0.4) is 0 Å². The van der Waals surface area contributed by atoms with E-state index in [1.165, 1.54) is 11.1 Å². The van der Waals surface area contributed by atoms with Crippen molar-refractivity contribution in [2.45, 2.75) is 39.7 Å². The van der Waals surface area contributed by atoms with Gasteiger partial charge in [-0.2, -0.15) is 0 Å². The molecule has 1 aliphatic heterocycles. The van der Waals surface area contributed by atoms with Crippen LogP contribution in [0.1, 0.15) is 31.4 Å². The largest absolute Gasteiger partial charge is 0.314 e. The highest BCUT2D eigenvalue weighted by Gasteiger charge is 2.33. The number of rotatable bonds is 1. The predicted molar refractivity (Wildman–Crippen MR) is 75.0 cm³/mol. The van der Waals surface area contributed by atoms with Gasteiger partial charge in [-0.3, -0.25) is 4.79 Å². The van der Waals surface area contributed by atoms with E-state index in [1.54, 1.807) is 0 Å². The molecular weight excluding hydrogens is 224 g/mol. The van der Waals surface area contributed by atoms with Crippen LogP contribution in [-0.2, 0) is 4.79 Å². The number of amides is 1. The van der Waals surface area contributed by atoms with Crippen LogP contribution in [0.2, 0.25) is 0 Å². The van der Waals surface area contributed by atoms with Crippen molar-refractivity contribution in [2.75, 3.05) is 18.0 Å². The number of hydrogen-bond acceptors (Lipinski definition) is 2. The van der Waals surface area contributed by atoms with Crippen LogP contribution < -0.4 is 10.2 Å². The molecule has 1 aliphatic rings. The molecule has 0 atom stereocenters. The van der Waals surface area contributed by atoms with Crippen LogP contribution in [0.25, 0.3) is 0 Å². The van der Waals surface area contributed by atoms with Crippen LogP contribution in [-0.4, -0.2) is 24.5 Å². The van der Waals surface area contributed by atoms with Crippen molar-refractivity contribution < 1.29 is 4.79 Å². The van der Waals surface area contributed by atoms with Crippen LogP contribution in [0.4, 0.5) is 5.69 Å². The van der Waals surface area contributed by atoms with E-state index < -0.39 is 0 Å². The van der Waals surface area contributed by atoms with Crippen molar-refractivity contribution in [1.82, 2.24) is 5.32 Å². The molecule has 0 bridgehead atoms.